The Kier molecular flexibility index (Phi) is 7.66. The molecule has 0 unspecified atom stereocenters. The normalized spacial score (nSPS) is 15.0. The lowest BCUT2D eigenvalue weighted by Crippen LogP contribution is -2.30. The monoisotopic (exact) mass is 556 g/mol. The molecule has 2 aliphatic carbocycles. The van der Waals surface area contributed by atoms with Crippen LogP contribution in [0.2, 0.25) is 5.02 Å². The largest absolute Gasteiger partial charge is 0.456 e. The van der Waals surface area contributed by atoms with Gasteiger partial charge in [0.2, 0.25) is 0 Å². The van der Waals surface area contributed by atoms with Gasteiger partial charge in [-0.3, -0.25) is 5.32 Å². The number of nitrogens with one attached hydrogen (secondary N) is 2. The lowest BCUT2D eigenvalue weighted by molar-refractivity contribution is 0.00699. The Morgan fingerprint density at radius 3 is 2.35 bits per heavy atom. The Morgan fingerprint density at radius 2 is 1.65 bits per heavy atom. The summed E-state index contributed by atoms with van der Waals surface area (Å²) >= 11 is 9.63. The lowest BCUT2D eigenvalue weighted by Gasteiger charge is -2.21. The molecule has 0 atom stereocenters. The second-order valence-corrected chi connectivity index (χ2v) is 13.4. The third-order valence-electron chi connectivity index (χ3n) is 6.79. The Balaban J connectivity index is 1.38. The number of halogens is 1. The van der Waals surface area contributed by atoms with E-state index in [2.05, 4.69) is 16.7 Å². The minimum Gasteiger partial charge on any atom is -0.456 e. The van der Waals surface area contributed by atoms with E-state index in [0.717, 1.165) is 56.1 Å². The van der Waals surface area contributed by atoms with Crippen molar-refractivity contribution in [3.8, 4) is 10.4 Å². The van der Waals surface area contributed by atoms with Crippen molar-refractivity contribution in [1.82, 2.24) is 5.32 Å². The van der Waals surface area contributed by atoms with Crippen LogP contribution in [0, 0.1) is 0 Å². The zero-order valence-electron chi connectivity index (χ0n) is 21.6. The van der Waals surface area contributed by atoms with Gasteiger partial charge in [0, 0.05) is 26.2 Å². The fourth-order valence-electron chi connectivity index (χ4n) is 5.20. The number of esters is 1. The van der Waals surface area contributed by atoms with E-state index in [9.17, 15) is 9.59 Å². The van der Waals surface area contributed by atoms with Crippen LogP contribution in [0.3, 0.4) is 0 Å². The number of rotatable bonds is 5. The van der Waals surface area contributed by atoms with Gasteiger partial charge >= 0.3 is 12.0 Å². The fourth-order valence-corrected chi connectivity index (χ4v) is 8.06. The number of hydrogen-bond donors (Lipinski definition) is 2. The summed E-state index contributed by atoms with van der Waals surface area (Å²) in [4.78, 5) is 30.1. The van der Waals surface area contributed by atoms with Crippen LogP contribution >= 0.6 is 34.3 Å². The zero-order valence-corrected chi connectivity index (χ0v) is 24.0. The van der Waals surface area contributed by atoms with E-state index in [1.165, 1.54) is 43.5 Å². The van der Waals surface area contributed by atoms with E-state index in [1.54, 1.807) is 0 Å². The molecule has 0 fully saturated rings. The van der Waals surface area contributed by atoms with Crippen molar-refractivity contribution in [1.29, 1.82) is 0 Å². The highest BCUT2D eigenvalue weighted by Gasteiger charge is 2.30. The molecule has 3 aromatic rings. The molecule has 1 aromatic carbocycles. The SMILES string of the molecule is CC(C)(C)OC(=O)c1c(NC(=O)NCc2c(-c3cccc(Cl)c3)sc3c2CCCC3)sc2c1CCCC2. The number of fused-ring (bicyclic) bond motifs is 2. The highest BCUT2D eigenvalue weighted by atomic mass is 35.5. The molecule has 0 aliphatic heterocycles. The number of amides is 2. The second-order valence-electron chi connectivity index (χ2n) is 10.8. The Morgan fingerprint density at radius 1 is 0.973 bits per heavy atom. The second kappa shape index (κ2) is 10.8. The average Bonchev–Trinajstić information content (AvgIpc) is 3.39. The molecule has 5 rings (SSSR count). The number of urea groups is 1. The summed E-state index contributed by atoms with van der Waals surface area (Å²) in [6.07, 6.45) is 8.40. The van der Waals surface area contributed by atoms with Crippen molar-refractivity contribution < 1.29 is 14.3 Å². The van der Waals surface area contributed by atoms with Gasteiger partial charge in [-0.2, -0.15) is 0 Å². The molecular weight excluding hydrogens is 524 g/mol. The van der Waals surface area contributed by atoms with E-state index in [0.29, 0.717) is 22.1 Å². The Hall–Kier alpha value is -2.35. The summed E-state index contributed by atoms with van der Waals surface area (Å²) < 4.78 is 5.71. The number of carbonyl (C=O) groups excluding carboxylic acids is 2. The lowest BCUT2D eigenvalue weighted by atomic mass is 9.93. The van der Waals surface area contributed by atoms with Crippen LogP contribution in [0.4, 0.5) is 9.80 Å². The molecule has 8 heteroatoms. The number of ether oxygens (including phenoxy) is 1. The van der Waals surface area contributed by atoms with Crippen LogP contribution in [0.15, 0.2) is 24.3 Å². The summed E-state index contributed by atoms with van der Waals surface area (Å²) in [5.74, 6) is -0.364. The molecule has 2 heterocycles. The average molecular weight is 557 g/mol. The number of thiophene rings is 2. The number of carbonyl (C=O) groups is 2. The summed E-state index contributed by atoms with van der Waals surface area (Å²) in [5, 5.41) is 7.37. The summed E-state index contributed by atoms with van der Waals surface area (Å²) in [5.41, 5.74) is 4.59. The van der Waals surface area contributed by atoms with Crippen molar-refractivity contribution in [2.45, 2.75) is 84.3 Å². The molecule has 0 spiro atoms. The first-order chi connectivity index (χ1) is 17.7. The van der Waals surface area contributed by atoms with Gasteiger partial charge in [-0.1, -0.05) is 23.7 Å². The molecule has 2 aromatic heterocycles. The van der Waals surface area contributed by atoms with Crippen molar-refractivity contribution in [3.05, 3.63) is 61.3 Å². The zero-order chi connectivity index (χ0) is 26.2. The number of anilines is 1. The van der Waals surface area contributed by atoms with Gasteiger partial charge in [-0.05, 0) is 107 Å². The van der Waals surface area contributed by atoms with Crippen molar-refractivity contribution >= 4 is 51.3 Å². The van der Waals surface area contributed by atoms with Crippen LogP contribution in [0.25, 0.3) is 10.4 Å². The summed E-state index contributed by atoms with van der Waals surface area (Å²) in [7, 11) is 0. The van der Waals surface area contributed by atoms with Crippen LogP contribution < -0.4 is 10.6 Å². The highest BCUT2D eigenvalue weighted by Crippen LogP contribution is 2.42. The molecule has 37 heavy (non-hydrogen) atoms. The molecule has 0 radical (unpaired) electrons. The first-order valence-corrected chi connectivity index (χ1v) is 15.0. The highest BCUT2D eigenvalue weighted by molar-refractivity contribution is 7.17. The molecule has 0 saturated carbocycles. The third kappa shape index (κ3) is 5.89. The topological polar surface area (TPSA) is 67.4 Å². The van der Waals surface area contributed by atoms with Gasteiger partial charge in [0.25, 0.3) is 0 Å². The number of benzene rings is 1. The van der Waals surface area contributed by atoms with Gasteiger partial charge in [0.1, 0.15) is 10.6 Å². The van der Waals surface area contributed by atoms with E-state index < -0.39 is 5.60 Å². The minimum absolute atomic E-state index is 0.309. The molecule has 2 N–H and O–H groups in total. The van der Waals surface area contributed by atoms with Crippen LogP contribution in [-0.4, -0.2) is 17.6 Å². The molecule has 2 aliphatic rings. The number of aryl methyl sites for hydroxylation is 2. The Labute approximate surface area is 231 Å². The van der Waals surface area contributed by atoms with E-state index in [1.807, 2.05) is 50.3 Å². The fraction of sp³-hybridized carbons (Fsp3) is 0.448. The quantitative estimate of drug-likeness (QED) is 0.311. The predicted octanol–water partition coefficient (Wildman–Crippen LogP) is 8.16. The van der Waals surface area contributed by atoms with Gasteiger partial charge < -0.3 is 10.1 Å². The first-order valence-electron chi connectivity index (χ1n) is 13.0. The molecule has 0 bridgehead atoms. The van der Waals surface area contributed by atoms with Crippen molar-refractivity contribution in [2.75, 3.05) is 5.32 Å². The van der Waals surface area contributed by atoms with Crippen LogP contribution in [-0.2, 0) is 37.0 Å². The maximum Gasteiger partial charge on any atom is 0.341 e. The molecule has 196 valence electrons. The summed E-state index contributed by atoms with van der Waals surface area (Å²) in [6, 6.07) is 7.61. The van der Waals surface area contributed by atoms with Crippen molar-refractivity contribution in [3.63, 3.8) is 0 Å². The van der Waals surface area contributed by atoms with Crippen LogP contribution in [0.1, 0.15) is 83.3 Å². The van der Waals surface area contributed by atoms with Crippen LogP contribution in [0.5, 0.6) is 0 Å². The van der Waals surface area contributed by atoms with E-state index >= 15 is 0 Å². The molecule has 5 nitrogen and oxygen atoms in total. The standard InChI is InChI=1S/C29H33ClN2O3S2/c1-29(2,3)35-27(33)24-20-12-5-7-14-23(20)37-26(24)32-28(34)31-16-21-19-11-4-6-13-22(19)36-25(21)17-9-8-10-18(30)15-17/h8-10,15H,4-7,11-14,16H2,1-3H3,(H2,31,32,34). The van der Waals surface area contributed by atoms with Gasteiger partial charge in [0.05, 0.1) is 5.56 Å². The van der Waals surface area contributed by atoms with Crippen molar-refractivity contribution in [2.24, 2.45) is 0 Å². The predicted molar refractivity (Wildman–Crippen MR) is 153 cm³/mol. The Bertz CT molecular complexity index is 1340. The van der Waals surface area contributed by atoms with E-state index in [4.69, 9.17) is 16.3 Å². The minimum atomic E-state index is -0.602. The summed E-state index contributed by atoms with van der Waals surface area (Å²) in [6.45, 7) is 6.01. The molecule has 2 amide bonds. The maximum absolute atomic E-state index is 13.2. The smallest absolute Gasteiger partial charge is 0.341 e. The molecular formula is C29H33ClN2O3S2. The first kappa shape index (κ1) is 26.3. The van der Waals surface area contributed by atoms with E-state index in [-0.39, 0.29) is 12.0 Å². The van der Waals surface area contributed by atoms with Gasteiger partial charge in [0.15, 0.2) is 0 Å². The molecule has 0 saturated heterocycles. The third-order valence-corrected chi connectivity index (χ3v) is 9.62. The number of hydrogen-bond acceptors (Lipinski definition) is 5. The maximum atomic E-state index is 13.2. The van der Waals surface area contributed by atoms with Gasteiger partial charge in [-0.25, -0.2) is 9.59 Å². The van der Waals surface area contributed by atoms with Gasteiger partial charge in [-0.15, -0.1) is 22.7 Å².